The Morgan fingerprint density at radius 2 is 1.52 bits per heavy atom. The van der Waals surface area contributed by atoms with Gasteiger partial charge in [-0.3, -0.25) is 9.48 Å². The maximum atomic E-state index is 13.0. The predicted molar refractivity (Wildman–Crippen MR) is 94.7 cm³/mol. The number of piperidine rings is 2. The summed E-state index contributed by atoms with van der Waals surface area (Å²) in [7, 11) is -3.54. The van der Waals surface area contributed by atoms with Gasteiger partial charge in [-0.25, -0.2) is 8.42 Å². The lowest BCUT2D eigenvalue weighted by atomic mass is 10.1. The minimum Gasteiger partial charge on any atom is -0.341 e. The van der Waals surface area contributed by atoms with Gasteiger partial charge >= 0.3 is 0 Å². The molecule has 0 N–H and O–H groups in total. The number of nitrogens with zero attached hydrogens (tertiary/aromatic N) is 4. The molecule has 0 aromatic carbocycles. The van der Waals surface area contributed by atoms with E-state index in [1.807, 2.05) is 4.90 Å². The predicted octanol–water partition coefficient (Wildman–Crippen LogP) is 1.69. The Morgan fingerprint density at radius 3 is 2.12 bits per heavy atom. The smallest absolute Gasteiger partial charge is 0.246 e. The fourth-order valence-corrected chi connectivity index (χ4v) is 5.70. The molecule has 0 bridgehead atoms. The number of aryl methyl sites for hydroxylation is 1. The number of carbonyl (C=O) groups is 1. The summed E-state index contributed by atoms with van der Waals surface area (Å²) in [6, 6.07) is 0. The summed E-state index contributed by atoms with van der Waals surface area (Å²) >= 11 is 0. The van der Waals surface area contributed by atoms with Crippen LogP contribution in [-0.2, 0) is 21.4 Å². The fourth-order valence-electron chi connectivity index (χ4n) is 3.81. The van der Waals surface area contributed by atoms with Gasteiger partial charge in [-0.1, -0.05) is 6.42 Å². The zero-order valence-corrected chi connectivity index (χ0v) is 16.0. The molecule has 0 atom stereocenters. The normalized spacial score (nSPS) is 20.0. The van der Waals surface area contributed by atoms with Gasteiger partial charge in [0.15, 0.2) is 0 Å². The van der Waals surface area contributed by atoms with E-state index in [2.05, 4.69) is 5.10 Å². The average molecular weight is 369 g/mol. The zero-order chi connectivity index (χ0) is 18.0. The van der Waals surface area contributed by atoms with Crippen molar-refractivity contribution in [3.05, 3.63) is 11.4 Å². The minimum atomic E-state index is -3.54. The van der Waals surface area contributed by atoms with Gasteiger partial charge < -0.3 is 4.90 Å². The standard InChI is InChI=1S/C17H28N4O3S/c1-14-17(25(23,24)20-11-7-4-8-12-20)15(2)21(18-14)13-16(22)19-9-5-3-6-10-19/h3-13H2,1-2H3. The highest BCUT2D eigenvalue weighted by Gasteiger charge is 2.32. The molecule has 140 valence electrons. The van der Waals surface area contributed by atoms with Crippen molar-refractivity contribution in [3.63, 3.8) is 0 Å². The highest BCUT2D eigenvalue weighted by molar-refractivity contribution is 7.89. The highest BCUT2D eigenvalue weighted by atomic mass is 32.2. The molecule has 2 aliphatic heterocycles. The summed E-state index contributed by atoms with van der Waals surface area (Å²) in [4.78, 5) is 14.6. The first-order valence-electron chi connectivity index (χ1n) is 9.23. The van der Waals surface area contributed by atoms with E-state index in [-0.39, 0.29) is 17.3 Å². The number of likely N-dealkylation sites (tertiary alicyclic amines) is 1. The lowest BCUT2D eigenvalue weighted by Crippen LogP contribution is -2.38. The van der Waals surface area contributed by atoms with E-state index >= 15 is 0 Å². The van der Waals surface area contributed by atoms with Crippen molar-refractivity contribution in [1.29, 1.82) is 0 Å². The van der Waals surface area contributed by atoms with Crippen LogP contribution >= 0.6 is 0 Å². The van der Waals surface area contributed by atoms with E-state index in [0.717, 1.165) is 45.2 Å². The number of hydrogen-bond acceptors (Lipinski definition) is 4. The van der Waals surface area contributed by atoms with Gasteiger partial charge in [-0.15, -0.1) is 0 Å². The van der Waals surface area contributed by atoms with Gasteiger partial charge in [-0.05, 0) is 46.0 Å². The van der Waals surface area contributed by atoms with Crippen LogP contribution in [0.5, 0.6) is 0 Å². The molecule has 1 aromatic rings. The Morgan fingerprint density at radius 1 is 0.960 bits per heavy atom. The van der Waals surface area contributed by atoms with Crippen LogP contribution in [0, 0.1) is 13.8 Å². The third-order valence-electron chi connectivity index (χ3n) is 5.22. The molecule has 2 fully saturated rings. The Balaban J connectivity index is 1.81. The van der Waals surface area contributed by atoms with Crippen molar-refractivity contribution in [2.75, 3.05) is 26.2 Å². The van der Waals surface area contributed by atoms with Gasteiger partial charge in [0.05, 0.1) is 11.4 Å². The molecular weight excluding hydrogens is 340 g/mol. The summed E-state index contributed by atoms with van der Waals surface area (Å²) < 4.78 is 29.1. The monoisotopic (exact) mass is 368 g/mol. The summed E-state index contributed by atoms with van der Waals surface area (Å²) in [6.07, 6.45) is 6.13. The summed E-state index contributed by atoms with van der Waals surface area (Å²) in [5.41, 5.74) is 1.04. The second-order valence-corrected chi connectivity index (χ2v) is 8.94. The first-order chi connectivity index (χ1) is 11.9. The first-order valence-corrected chi connectivity index (χ1v) is 10.7. The molecule has 7 nitrogen and oxygen atoms in total. The van der Waals surface area contributed by atoms with Crippen LogP contribution in [0.1, 0.15) is 49.9 Å². The number of carbonyl (C=O) groups excluding carboxylic acids is 1. The van der Waals surface area contributed by atoms with Gasteiger partial charge in [0.1, 0.15) is 11.4 Å². The number of amides is 1. The number of sulfonamides is 1. The van der Waals surface area contributed by atoms with Crippen LogP contribution in [0.3, 0.4) is 0 Å². The van der Waals surface area contributed by atoms with Crippen molar-refractivity contribution in [3.8, 4) is 0 Å². The van der Waals surface area contributed by atoms with E-state index in [0.29, 0.717) is 24.5 Å². The maximum Gasteiger partial charge on any atom is 0.246 e. The number of hydrogen-bond donors (Lipinski definition) is 0. The topological polar surface area (TPSA) is 75.5 Å². The van der Waals surface area contributed by atoms with Crippen LogP contribution in [0.2, 0.25) is 0 Å². The average Bonchev–Trinajstić information content (AvgIpc) is 2.90. The molecule has 8 heteroatoms. The first kappa shape index (κ1) is 18.4. The van der Waals surface area contributed by atoms with Crippen LogP contribution in [0.15, 0.2) is 4.90 Å². The van der Waals surface area contributed by atoms with Gasteiger partial charge in [0.25, 0.3) is 0 Å². The molecule has 0 radical (unpaired) electrons. The third kappa shape index (κ3) is 3.74. The molecule has 1 aromatic heterocycles. The van der Waals surface area contributed by atoms with Crippen molar-refractivity contribution < 1.29 is 13.2 Å². The Bertz CT molecular complexity index is 729. The minimum absolute atomic E-state index is 0.0206. The molecule has 2 saturated heterocycles. The van der Waals surface area contributed by atoms with E-state index in [4.69, 9.17) is 0 Å². The maximum absolute atomic E-state index is 13.0. The van der Waals surface area contributed by atoms with Crippen molar-refractivity contribution in [2.45, 2.75) is 63.8 Å². The third-order valence-corrected chi connectivity index (χ3v) is 7.37. The van der Waals surface area contributed by atoms with Crippen molar-refractivity contribution in [2.24, 2.45) is 0 Å². The molecular formula is C17H28N4O3S. The van der Waals surface area contributed by atoms with E-state index in [1.165, 1.54) is 6.42 Å². The molecule has 25 heavy (non-hydrogen) atoms. The molecule has 1 amide bonds. The molecule has 0 spiro atoms. The quantitative estimate of drug-likeness (QED) is 0.810. The summed E-state index contributed by atoms with van der Waals surface area (Å²) in [6.45, 7) is 6.29. The molecule has 0 saturated carbocycles. The zero-order valence-electron chi connectivity index (χ0n) is 15.2. The Labute approximate surface area is 150 Å². The van der Waals surface area contributed by atoms with Crippen molar-refractivity contribution in [1.82, 2.24) is 19.0 Å². The molecule has 0 aliphatic carbocycles. The molecule has 2 aliphatic rings. The van der Waals surface area contributed by atoms with Crippen LogP contribution in [0.4, 0.5) is 0 Å². The van der Waals surface area contributed by atoms with Gasteiger partial charge in [0, 0.05) is 26.2 Å². The number of aromatic nitrogens is 2. The highest BCUT2D eigenvalue weighted by Crippen LogP contribution is 2.26. The fraction of sp³-hybridized carbons (Fsp3) is 0.765. The number of rotatable bonds is 4. The lowest BCUT2D eigenvalue weighted by Gasteiger charge is -2.27. The van der Waals surface area contributed by atoms with E-state index in [1.54, 1.807) is 22.8 Å². The van der Waals surface area contributed by atoms with Crippen LogP contribution in [-0.4, -0.2) is 59.5 Å². The van der Waals surface area contributed by atoms with E-state index in [9.17, 15) is 13.2 Å². The lowest BCUT2D eigenvalue weighted by molar-refractivity contribution is -0.132. The van der Waals surface area contributed by atoms with Gasteiger partial charge in [-0.2, -0.15) is 9.40 Å². The second-order valence-electron chi connectivity index (χ2n) is 7.06. The van der Waals surface area contributed by atoms with Crippen LogP contribution < -0.4 is 0 Å². The Hall–Kier alpha value is -1.41. The van der Waals surface area contributed by atoms with E-state index < -0.39 is 10.0 Å². The second kappa shape index (κ2) is 7.45. The van der Waals surface area contributed by atoms with Gasteiger partial charge in [0.2, 0.25) is 15.9 Å². The molecule has 3 rings (SSSR count). The summed E-state index contributed by atoms with van der Waals surface area (Å²) in [5.74, 6) is 0.0206. The molecule has 3 heterocycles. The van der Waals surface area contributed by atoms with Crippen molar-refractivity contribution >= 4 is 15.9 Å². The Kier molecular flexibility index (Phi) is 5.48. The largest absolute Gasteiger partial charge is 0.341 e. The summed E-state index contributed by atoms with van der Waals surface area (Å²) in [5, 5.41) is 4.37. The van der Waals surface area contributed by atoms with Crippen LogP contribution in [0.25, 0.3) is 0 Å². The molecule has 0 unspecified atom stereocenters. The SMILES string of the molecule is Cc1nn(CC(=O)N2CCCCC2)c(C)c1S(=O)(=O)N1CCCCC1.